The zero-order valence-corrected chi connectivity index (χ0v) is 17.8. The van der Waals surface area contributed by atoms with Crippen LogP contribution in [0, 0.1) is 13.8 Å². The number of aryl methyl sites for hydroxylation is 2. The van der Waals surface area contributed by atoms with Crippen molar-refractivity contribution in [3.8, 4) is 11.4 Å². The number of anilines is 1. The summed E-state index contributed by atoms with van der Waals surface area (Å²) >= 11 is 0. The molecule has 0 saturated carbocycles. The highest BCUT2D eigenvalue weighted by Crippen LogP contribution is 2.24. The van der Waals surface area contributed by atoms with Gasteiger partial charge in [-0.15, -0.1) is 10.2 Å². The van der Waals surface area contributed by atoms with E-state index in [2.05, 4.69) is 47.1 Å². The number of amides is 1. The molecule has 1 saturated heterocycles. The van der Waals surface area contributed by atoms with Crippen molar-refractivity contribution in [2.75, 3.05) is 31.1 Å². The lowest BCUT2D eigenvalue weighted by Gasteiger charge is -2.37. The third kappa shape index (κ3) is 3.65. The van der Waals surface area contributed by atoms with Crippen LogP contribution < -0.4 is 4.90 Å². The van der Waals surface area contributed by atoms with Gasteiger partial charge in [0.05, 0.1) is 0 Å². The van der Waals surface area contributed by atoms with Crippen LogP contribution in [0.2, 0.25) is 0 Å². The van der Waals surface area contributed by atoms with Crippen molar-refractivity contribution in [3.05, 3.63) is 83.6 Å². The van der Waals surface area contributed by atoms with Gasteiger partial charge < -0.3 is 9.80 Å². The third-order valence-corrected chi connectivity index (χ3v) is 5.96. The fraction of sp³-hybridized carbons (Fsp3) is 0.240. The van der Waals surface area contributed by atoms with Gasteiger partial charge in [0.15, 0.2) is 11.5 Å². The van der Waals surface area contributed by atoms with E-state index in [1.807, 2.05) is 58.0 Å². The van der Waals surface area contributed by atoms with Gasteiger partial charge in [0, 0.05) is 49.2 Å². The number of hydrogen-bond acceptors (Lipinski definition) is 4. The smallest absolute Gasteiger partial charge is 0.254 e. The van der Waals surface area contributed by atoms with E-state index in [1.165, 1.54) is 16.8 Å². The Morgan fingerprint density at radius 2 is 1.65 bits per heavy atom. The number of carbonyl (C=O) groups excluding carboxylic acids is 1. The number of aromatic nitrogens is 3. The molecule has 0 unspecified atom stereocenters. The zero-order valence-electron chi connectivity index (χ0n) is 17.8. The minimum absolute atomic E-state index is 0.0485. The van der Waals surface area contributed by atoms with E-state index >= 15 is 0 Å². The summed E-state index contributed by atoms with van der Waals surface area (Å²) in [5.41, 5.74) is 6.13. The summed E-state index contributed by atoms with van der Waals surface area (Å²) in [6, 6.07) is 20.2. The second-order valence-corrected chi connectivity index (χ2v) is 8.10. The molecule has 6 heteroatoms. The Labute approximate surface area is 181 Å². The SMILES string of the molecule is Cc1ccc(C)c(N2CCN(C(=O)c3ccn4c(-c5ccccc5)nnc4c3)CC2)c1. The van der Waals surface area contributed by atoms with Gasteiger partial charge in [-0.3, -0.25) is 9.20 Å². The first kappa shape index (κ1) is 19.3. The molecular weight excluding hydrogens is 386 g/mol. The molecule has 0 bridgehead atoms. The molecule has 1 aliphatic heterocycles. The van der Waals surface area contributed by atoms with Gasteiger partial charge in [0.25, 0.3) is 5.91 Å². The van der Waals surface area contributed by atoms with Crippen LogP contribution in [-0.2, 0) is 0 Å². The van der Waals surface area contributed by atoms with Gasteiger partial charge in [0.2, 0.25) is 0 Å². The van der Waals surface area contributed by atoms with Gasteiger partial charge in [0.1, 0.15) is 0 Å². The second-order valence-electron chi connectivity index (χ2n) is 8.10. The highest BCUT2D eigenvalue weighted by atomic mass is 16.2. The molecule has 5 rings (SSSR count). The normalized spacial score (nSPS) is 14.3. The molecule has 0 radical (unpaired) electrons. The first-order chi connectivity index (χ1) is 15.1. The monoisotopic (exact) mass is 411 g/mol. The van der Waals surface area contributed by atoms with Gasteiger partial charge in [-0.05, 0) is 43.2 Å². The van der Waals surface area contributed by atoms with Crippen LogP contribution in [0.15, 0.2) is 66.9 Å². The van der Waals surface area contributed by atoms with Crippen LogP contribution in [0.25, 0.3) is 17.0 Å². The molecule has 31 heavy (non-hydrogen) atoms. The van der Waals surface area contributed by atoms with Gasteiger partial charge in [-0.1, -0.05) is 42.5 Å². The molecule has 1 amide bonds. The largest absolute Gasteiger partial charge is 0.368 e. The second kappa shape index (κ2) is 7.87. The molecule has 0 aliphatic carbocycles. The van der Waals surface area contributed by atoms with Crippen LogP contribution in [0.1, 0.15) is 21.5 Å². The number of pyridine rings is 1. The van der Waals surface area contributed by atoms with Crippen LogP contribution >= 0.6 is 0 Å². The van der Waals surface area contributed by atoms with Crippen molar-refractivity contribution in [2.45, 2.75) is 13.8 Å². The maximum atomic E-state index is 13.1. The van der Waals surface area contributed by atoms with Crippen molar-refractivity contribution < 1.29 is 4.79 Å². The van der Waals surface area contributed by atoms with E-state index in [1.54, 1.807) is 0 Å². The van der Waals surface area contributed by atoms with E-state index in [0.717, 1.165) is 24.5 Å². The van der Waals surface area contributed by atoms with Gasteiger partial charge >= 0.3 is 0 Å². The molecule has 0 spiro atoms. The Balaban J connectivity index is 1.32. The predicted molar refractivity (Wildman–Crippen MR) is 122 cm³/mol. The van der Waals surface area contributed by atoms with E-state index in [-0.39, 0.29) is 5.91 Å². The molecule has 0 atom stereocenters. The molecule has 1 fully saturated rings. The van der Waals surface area contributed by atoms with Crippen molar-refractivity contribution in [3.63, 3.8) is 0 Å². The first-order valence-corrected chi connectivity index (χ1v) is 10.6. The average molecular weight is 412 g/mol. The maximum absolute atomic E-state index is 13.1. The topological polar surface area (TPSA) is 53.7 Å². The Hall–Kier alpha value is -3.67. The van der Waals surface area contributed by atoms with E-state index < -0.39 is 0 Å². The van der Waals surface area contributed by atoms with Gasteiger partial charge in [-0.2, -0.15) is 0 Å². The van der Waals surface area contributed by atoms with Crippen LogP contribution in [-0.4, -0.2) is 51.6 Å². The molecule has 2 aromatic heterocycles. The fourth-order valence-corrected chi connectivity index (χ4v) is 4.20. The standard InChI is InChI=1S/C25H25N5O/c1-18-8-9-19(2)22(16-18)28-12-14-29(15-13-28)25(31)21-10-11-30-23(17-21)26-27-24(30)20-6-4-3-5-7-20/h3-11,16-17H,12-15H2,1-2H3. The number of piperazine rings is 1. The molecular formula is C25H25N5O. The Morgan fingerprint density at radius 3 is 2.42 bits per heavy atom. The lowest BCUT2D eigenvalue weighted by molar-refractivity contribution is 0.0746. The summed E-state index contributed by atoms with van der Waals surface area (Å²) in [6.07, 6.45) is 1.89. The lowest BCUT2D eigenvalue weighted by Crippen LogP contribution is -2.49. The molecule has 156 valence electrons. The summed E-state index contributed by atoms with van der Waals surface area (Å²) in [5, 5.41) is 8.61. The van der Waals surface area contributed by atoms with E-state index in [0.29, 0.717) is 24.3 Å². The summed E-state index contributed by atoms with van der Waals surface area (Å²) in [6.45, 7) is 7.35. The molecule has 2 aromatic carbocycles. The molecule has 6 nitrogen and oxygen atoms in total. The molecule has 3 heterocycles. The first-order valence-electron chi connectivity index (χ1n) is 10.6. The minimum Gasteiger partial charge on any atom is -0.368 e. The van der Waals surface area contributed by atoms with Crippen molar-refractivity contribution >= 4 is 17.2 Å². The number of fused-ring (bicyclic) bond motifs is 1. The van der Waals surface area contributed by atoms with Crippen molar-refractivity contribution in [1.82, 2.24) is 19.5 Å². The number of hydrogen-bond donors (Lipinski definition) is 0. The summed E-state index contributed by atoms with van der Waals surface area (Å²) in [4.78, 5) is 17.4. The van der Waals surface area contributed by atoms with Crippen molar-refractivity contribution in [2.24, 2.45) is 0 Å². The van der Waals surface area contributed by atoms with Crippen molar-refractivity contribution in [1.29, 1.82) is 0 Å². The maximum Gasteiger partial charge on any atom is 0.254 e. The molecule has 4 aromatic rings. The summed E-state index contributed by atoms with van der Waals surface area (Å²) < 4.78 is 1.92. The lowest BCUT2D eigenvalue weighted by atomic mass is 10.1. The number of rotatable bonds is 3. The number of carbonyl (C=O) groups is 1. The Morgan fingerprint density at radius 1 is 0.871 bits per heavy atom. The predicted octanol–water partition coefficient (Wildman–Crippen LogP) is 3.98. The Bertz CT molecular complexity index is 1240. The molecule has 0 N–H and O–H groups in total. The number of benzene rings is 2. The van der Waals surface area contributed by atoms with Crippen LogP contribution in [0.4, 0.5) is 5.69 Å². The minimum atomic E-state index is 0.0485. The fourth-order valence-electron chi connectivity index (χ4n) is 4.20. The quantitative estimate of drug-likeness (QED) is 0.512. The van der Waals surface area contributed by atoms with E-state index in [9.17, 15) is 4.79 Å². The number of nitrogens with zero attached hydrogens (tertiary/aromatic N) is 5. The average Bonchev–Trinajstić information content (AvgIpc) is 3.24. The zero-order chi connectivity index (χ0) is 21.4. The van der Waals surface area contributed by atoms with Crippen LogP contribution in [0.3, 0.4) is 0 Å². The summed E-state index contributed by atoms with van der Waals surface area (Å²) in [7, 11) is 0. The highest BCUT2D eigenvalue weighted by molar-refractivity contribution is 5.95. The Kier molecular flexibility index (Phi) is 4.90. The van der Waals surface area contributed by atoms with Gasteiger partial charge in [-0.25, -0.2) is 0 Å². The van der Waals surface area contributed by atoms with Crippen LogP contribution in [0.5, 0.6) is 0 Å². The van der Waals surface area contributed by atoms with E-state index in [4.69, 9.17) is 0 Å². The highest BCUT2D eigenvalue weighted by Gasteiger charge is 2.23. The third-order valence-electron chi connectivity index (χ3n) is 5.96. The summed E-state index contributed by atoms with van der Waals surface area (Å²) in [5.74, 6) is 0.823. The molecule has 1 aliphatic rings.